The number of halogens is 4. The van der Waals surface area contributed by atoms with E-state index in [1.54, 1.807) is 0 Å². The van der Waals surface area contributed by atoms with Gasteiger partial charge >= 0.3 is 5.97 Å². The van der Waals surface area contributed by atoms with Gasteiger partial charge in [0.05, 0.1) is 12.6 Å². The number of nitrogens with zero attached hydrogens (tertiary/aromatic N) is 3. The van der Waals surface area contributed by atoms with Crippen LogP contribution in [0.25, 0.3) is 21.8 Å². The Morgan fingerprint density at radius 1 is 0.829 bits per heavy atom. The van der Waals surface area contributed by atoms with Crippen molar-refractivity contribution in [1.29, 1.82) is 0 Å². The molecular weight excluding hydrogens is 621 g/mol. The maximum atomic E-state index is 11.0. The average Bonchev–Trinajstić information content (AvgIpc) is 3.06. The number of aromatic nitrogens is 1. The highest BCUT2D eigenvalue weighted by molar-refractivity contribution is 9.10. The van der Waals surface area contributed by atoms with Crippen molar-refractivity contribution in [2.24, 2.45) is 0 Å². The first kappa shape index (κ1) is 30.4. The number of rotatable bonds is 10. The minimum Gasteiger partial charge on any atom is -0.481 e. The summed E-state index contributed by atoms with van der Waals surface area (Å²) >= 11 is 7.18. The van der Waals surface area contributed by atoms with Gasteiger partial charge in [-0.05, 0) is 55.8 Å². The smallest absolute Gasteiger partial charge is 0.303 e. The molecule has 3 aromatic rings. The van der Waals surface area contributed by atoms with Crippen molar-refractivity contribution in [2.45, 2.75) is 38.3 Å². The normalized spacial score (nSPS) is 15.6. The first-order valence-corrected chi connectivity index (χ1v) is 13.2. The van der Waals surface area contributed by atoms with E-state index >= 15 is 0 Å². The summed E-state index contributed by atoms with van der Waals surface area (Å²) in [6.45, 7) is 6.18. The molecule has 1 fully saturated rings. The third-order valence-electron chi connectivity index (χ3n) is 6.48. The summed E-state index contributed by atoms with van der Waals surface area (Å²) in [5.41, 5.74) is 2.27. The molecule has 1 aliphatic rings. The van der Waals surface area contributed by atoms with Crippen molar-refractivity contribution in [3.8, 4) is 0 Å². The van der Waals surface area contributed by atoms with Crippen LogP contribution in [0.15, 0.2) is 45.3 Å². The zero-order chi connectivity index (χ0) is 23.4. The topological polar surface area (TPSA) is 68.9 Å². The number of piperazine rings is 1. The monoisotopic (exact) mass is 651 g/mol. The molecule has 0 saturated carbocycles. The Bertz CT molecular complexity index is 1060. The molecule has 35 heavy (non-hydrogen) atoms. The summed E-state index contributed by atoms with van der Waals surface area (Å²) in [6.07, 6.45) is 2.61. The van der Waals surface area contributed by atoms with Crippen LogP contribution >= 0.6 is 56.7 Å². The van der Waals surface area contributed by atoms with Gasteiger partial charge in [-0.2, -0.15) is 0 Å². The third kappa shape index (κ3) is 8.06. The molecule has 2 N–H and O–H groups in total. The fraction of sp³-hybridized carbons (Fsp3) is 0.480. The number of hydrogen-bond donors (Lipinski definition) is 2. The van der Waals surface area contributed by atoms with Crippen molar-refractivity contribution in [2.75, 3.05) is 39.3 Å². The second kappa shape index (κ2) is 14.2. The van der Waals surface area contributed by atoms with Gasteiger partial charge in [-0.25, -0.2) is 0 Å². The van der Waals surface area contributed by atoms with Crippen LogP contribution in [0.2, 0.25) is 0 Å². The van der Waals surface area contributed by atoms with Gasteiger partial charge in [0.1, 0.15) is 0 Å². The molecular formula is C25H33Br2Cl2N3O3. The first-order valence-electron chi connectivity index (χ1n) is 11.6. The lowest BCUT2D eigenvalue weighted by Crippen LogP contribution is -2.49. The van der Waals surface area contributed by atoms with Crippen LogP contribution in [-0.2, 0) is 11.3 Å². The van der Waals surface area contributed by atoms with Crippen molar-refractivity contribution >= 4 is 84.4 Å². The van der Waals surface area contributed by atoms with E-state index in [9.17, 15) is 9.90 Å². The summed E-state index contributed by atoms with van der Waals surface area (Å²) in [6, 6.07) is 12.6. The molecule has 0 bridgehead atoms. The summed E-state index contributed by atoms with van der Waals surface area (Å²) in [4.78, 5) is 15.4. The van der Waals surface area contributed by atoms with Gasteiger partial charge in [0, 0.05) is 69.9 Å². The van der Waals surface area contributed by atoms with E-state index in [0.29, 0.717) is 13.1 Å². The SMILES string of the molecule is Cl.Cl.O=C(O)CCCCCN1CCN(C[C@@H](O)Cn2c3ccc(Br)cc3c3cc(Br)ccc32)CC1. The Balaban J connectivity index is 0.00000216. The molecule has 0 amide bonds. The second-order valence-corrected chi connectivity index (χ2v) is 10.8. The van der Waals surface area contributed by atoms with Crippen LogP contribution in [0.5, 0.6) is 0 Å². The highest BCUT2D eigenvalue weighted by Crippen LogP contribution is 2.33. The number of benzene rings is 2. The van der Waals surface area contributed by atoms with Gasteiger partial charge in [0.2, 0.25) is 0 Å². The van der Waals surface area contributed by atoms with Crippen LogP contribution < -0.4 is 0 Å². The Labute approximate surface area is 235 Å². The molecule has 10 heteroatoms. The summed E-state index contributed by atoms with van der Waals surface area (Å²) < 4.78 is 4.34. The van der Waals surface area contributed by atoms with E-state index in [-0.39, 0.29) is 31.2 Å². The number of β-amino-alcohol motifs (C(OH)–C–C–N with tert-alkyl or cyclic N) is 1. The molecule has 0 radical (unpaired) electrons. The minimum atomic E-state index is -0.705. The quantitative estimate of drug-likeness (QED) is 0.272. The average molecular weight is 654 g/mol. The molecule has 2 heterocycles. The number of aliphatic hydroxyl groups is 1. The zero-order valence-corrected chi connectivity index (χ0v) is 24.3. The van der Waals surface area contributed by atoms with Gasteiger partial charge < -0.3 is 19.7 Å². The number of carboxylic acid groups (broad SMARTS) is 1. The van der Waals surface area contributed by atoms with Crippen LogP contribution in [0.4, 0.5) is 0 Å². The molecule has 0 spiro atoms. The Kier molecular flexibility index (Phi) is 12.3. The summed E-state index contributed by atoms with van der Waals surface area (Å²) in [7, 11) is 0. The molecule has 6 nitrogen and oxygen atoms in total. The van der Waals surface area contributed by atoms with E-state index < -0.39 is 12.1 Å². The van der Waals surface area contributed by atoms with Gasteiger partial charge in [-0.1, -0.05) is 38.3 Å². The molecule has 0 aliphatic carbocycles. The fourth-order valence-corrected chi connectivity index (χ4v) is 5.52. The molecule has 2 aromatic carbocycles. The molecule has 1 atom stereocenters. The summed E-state index contributed by atoms with van der Waals surface area (Å²) in [5.74, 6) is -0.705. The number of carboxylic acids is 1. The van der Waals surface area contributed by atoms with E-state index in [1.807, 2.05) is 0 Å². The predicted octanol–water partition coefficient (Wildman–Crippen LogP) is 5.79. The Morgan fingerprint density at radius 2 is 1.37 bits per heavy atom. The Morgan fingerprint density at radius 3 is 1.91 bits per heavy atom. The number of aliphatic carboxylic acids is 1. The molecule has 1 saturated heterocycles. The fourth-order valence-electron chi connectivity index (χ4n) is 4.80. The van der Waals surface area contributed by atoms with E-state index in [4.69, 9.17) is 5.11 Å². The number of carbonyl (C=O) groups is 1. The maximum Gasteiger partial charge on any atom is 0.303 e. The lowest BCUT2D eigenvalue weighted by molar-refractivity contribution is -0.137. The van der Waals surface area contributed by atoms with Gasteiger partial charge in [-0.15, -0.1) is 24.8 Å². The molecule has 0 unspecified atom stereocenters. The molecule has 194 valence electrons. The van der Waals surface area contributed by atoms with E-state index in [2.05, 4.69) is 82.6 Å². The number of aliphatic hydroxyl groups excluding tert-OH is 1. The molecule has 1 aliphatic heterocycles. The van der Waals surface area contributed by atoms with E-state index in [0.717, 1.165) is 72.0 Å². The van der Waals surface area contributed by atoms with Gasteiger partial charge in [-0.3, -0.25) is 9.69 Å². The number of unbranched alkanes of at least 4 members (excludes halogenated alkanes) is 2. The van der Waals surface area contributed by atoms with Crippen LogP contribution in [0.3, 0.4) is 0 Å². The van der Waals surface area contributed by atoms with Crippen molar-refractivity contribution in [3.05, 3.63) is 45.3 Å². The van der Waals surface area contributed by atoms with Gasteiger partial charge in [0.15, 0.2) is 0 Å². The van der Waals surface area contributed by atoms with Crippen LogP contribution in [0.1, 0.15) is 25.7 Å². The lowest BCUT2D eigenvalue weighted by Gasteiger charge is -2.35. The summed E-state index contributed by atoms with van der Waals surface area (Å²) in [5, 5.41) is 22.1. The largest absolute Gasteiger partial charge is 0.481 e. The van der Waals surface area contributed by atoms with Crippen LogP contribution in [0, 0.1) is 0 Å². The van der Waals surface area contributed by atoms with E-state index in [1.165, 1.54) is 10.8 Å². The van der Waals surface area contributed by atoms with Gasteiger partial charge in [0.25, 0.3) is 0 Å². The predicted molar refractivity (Wildman–Crippen MR) is 154 cm³/mol. The highest BCUT2D eigenvalue weighted by atomic mass is 79.9. The zero-order valence-electron chi connectivity index (χ0n) is 19.5. The van der Waals surface area contributed by atoms with Crippen molar-refractivity contribution < 1.29 is 15.0 Å². The second-order valence-electron chi connectivity index (χ2n) is 8.93. The number of hydrogen-bond acceptors (Lipinski definition) is 4. The van der Waals surface area contributed by atoms with Crippen molar-refractivity contribution in [3.63, 3.8) is 0 Å². The Hall–Kier alpha value is -0.870. The number of fused-ring (bicyclic) bond motifs is 3. The van der Waals surface area contributed by atoms with Crippen LogP contribution in [-0.4, -0.2) is 75.9 Å². The highest BCUT2D eigenvalue weighted by Gasteiger charge is 2.20. The maximum absolute atomic E-state index is 11.0. The molecule has 1 aromatic heterocycles. The molecule has 4 rings (SSSR count). The minimum absolute atomic E-state index is 0. The first-order chi connectivity index (χ1) is 15.9. The third-order valence-corrected chi connectivity index (χ3v) is 7.47. The lowest BCUT2D eigenvalue weighted by atomic mass is 10.2. The standard InChI is InChI=1S/C25H31Br2N3O3.2ClH/c26-18-5-7-23-21(14-18)22-15-19(27)6-8-24(22)30(23)17-20(31)16-29-12-10-28(11-13-29)9-3-1-2-4-25(32)33;;/h5-8,14-15,20,31H,1-4,9-13,16-17H2,(H,32,33);2*1H/t20-;;/m1../s1. The van der Waals surface area contributed by atoms with Crippen molar-refractivity contribution in [1.82, 2.24) is 14.4 Å².